The Morgan fingerprint density at radius 1 is 1.14 bits per heavy atom. The zero-order valence-electron chi connectivity index (χ0n) is 11.7. The molecule has 6 heteroatoms. The van der Waals surface area contributed by atoms with E-state index in [0.29, 0.717) is 5.69 Å². The van der Waals surface area contributed by atoms with E-state index in [1.807, 2.05) is 31.1 Å². The summed E-state index contributed by atoms with van der Waals surface area (Å²) in [5, 5.41) is 2.78. The fraction of sp³-hybridized carbons (Fsp3) is 0.133. The molecule has 0 saturated carbocycles. The van der Waals surface area contributed by atoms with E-state index in [-0.39, 0.29) is 16.2 Å². The minimum atomic E-state index is -0.744. The lowest BCUT2D eigenvalue weighted by Gasteiger charge is -2.19. The van der Waals surface area contributed by atoms with Gasteiger partial charge in [-0.05, 0) is 24.3 Å². The molecule has 0 atom stereocenters. The first-order valence-electron chi connectivity index (χ1n) is 6.22. The first-order chi connectivity index (χ1) is 9.90. The minimum absolute atomic E-state index is 0.0481. The third-order valence-corrected chi connectivity index (χ3v) is 3.21. The molecule has 0 saturated heterocycles. The van der Waals surface area contributed by atoms with Crippen LogP contribution in [0.3, 0.4) is 0 Å². The molecule has 0 fully saturated rings. The zero-order chi connectivity index (χ0) is 15.6. The van der Waals surface area contributed by atoms with Crippen LogP contribution in [0.15, 0.2) is 36.4 Å². The Kier molecular flexibility index (Phi) is 4.37. The van der Waals surface area contributed by atoms with Crippen molar-refractivity contribution in [2.45, 2.75) is 0 Å². The van der Waals surface area contributed by atoms with Gasteiger partial charge in [-0.2, -0.15) is 0 Å². The number of benzene rings is 2. The molecule has 0 heterocycles. The van der Waals surface area contributed by atoms with Gasteiger partial charge < -0.3 is 16.0 Å². The highest BCUT2D eigenvalue weighted by atomic mass is 32.1. The summed E-state index contributed by atoms with van der Waals surface area (Å²) in [6.07, 6.45) is 0. The Bertz CT molecular complexity index is 663. The lowest BCUT2D eigenvalue weighted by molar-refractivity contribution is 0.590. The average Bonchev–Trinajstić information content (AvgIpc) is 2.42. The summed E-state index contributed by atoms with van der Waals surface area (Å²) in [4.78, 5) is 1.80. The van der Waals surface area contributed by atoms with Gasteiger partial charge in [0.15, 0.2) is 0 Å². The summed E-state index contributed by atoms with van der Waals surface area (Å²) >= 11 is 4.73. The Labute approximate surface area is 127 Å². The Balaban J connectivity index is 2.43. The summed E-state index contributed by atoms with van der Waals surface area (Å²) in [5.41, 5.74) is 6.73. The third-order valence-electron chi connectivity index (χ3n) is 2.97. The number of hydrogen-bond donors (Lipinski definition) is 2. The normalized spacial score (nSPS) is 10.3. The van der Waals surface area contributed by atoms with Crippen LogP contribution in [0.25, 0.3) is 0 Å². The lowest BCUT2D eigenvalue weighted by atomic mass is 10.1. The molecule has 0 spiro atoms. The molecule has 2 aromatic rings. The second kappa shape index (κ2) is 6.05. The number of rotatable bonds is 4. The second-order valence-electron chi connectivity index (χ2n) is 4.72. The van der Waals surface area contributed by atoms with Crippen LogP contribution < -0.4 is 16.0 Å². The van der Waals surface area contributed by atoms with E-state index in [2.05, 4.69) is 5.32 Å². The smallest absolute Gasteiger partial charge is 0.150 e. The predicted octanol–water partition coefficient (Wildman–Crippen LogP) is 3.41. The maximum Gasteiger partial charge on any atom is 0.150 e. The number of nitrogens with zero attached hydrogens (tertiary/aromatic N) is 1. The monoisotopic (exact) mass is 307 g/mol. The molecule has 110 valence electrons. The molecule has 3 N–H and O–H groups in total. The molecule has 0 unspecified atom stereocenters. The van der Waals surface area contributed by atoms with Crippen LogP contribution in [0, 0.1) is 11.6 Å². The number of nitrogens with one attached hydrogen (secondary N) is 1. The molecular formula is C15H15F2N3S. The summed E-state index contributed by atoms with van der Waals surface area (Å²) in [6, 6.07) is 9.47. The molecule has 0 aliphatic carbocycles. The number of anilines is 3. The van der Waals surface area contributed by atoms with Crippen LogP contribution in [0.4, 0.5) is 25.8 Å². The summed E-state index contributed by atoms with van der Waals surface area (Å²) in [6.45, 7) is 0. The van der Waals surface area contributed by atoms with Crippen molar-refractivity contribution in [1.29, 1.82) is 0 Å². The highest BCUT2D eigenvalue weighted by Gasteiger charge is 2.14. The van der Waals surface area contributed by atoms with E-state index in [0.717, 1.165) is 17.8 Å². The van der Waals surface area contributed by atoms with Gasteiger partial charge in [-0.25, -0.2) is 8.78 Å². The minimum Gasteiger partial charge on any atom is -0.389 e. The van der Waals surface area contributed by atoms with Gasteiger partial charge in [-0.15, -0.1) is 0 Å². The molecule has 0 aliphatic heterocycles. The van der Waals surface area contributed by atoms with Crippen LogP contribution in [-0.2, 0) is 0 Å². The second-order valence-corrected chi connectivity index (χ2v) is 5.16. The van der Waals surface area contributed by atoms with Gasteiger partial charge in [0.2, 0.25) is 0 Å². The molecule has 0 aliphatic rings. The van der Waals surface area contributed by atoms with E-state index in [4.69, 9.17) is 18.0 Å². The van der Waals surface area contributed by atoms with Gasteiger partial charge in [0.05, 0.1) is 11.4 Å². The van der Waals surface area contributed by atoms with Crippen LogP contribution in [0.2, 0.25) is 0 Å². The first-order valence-corrected chi connectivity index (χ1v) is 6.63. The van der Waals surface area contributed by atoms with Crippen LogP contribution in [0.1, 0.15) is 5.56 Å². The topological polar surface area (TPSA) is 41.3 Å². The van der Waals surface area contributed by atoms with E-state index < -0.39 is 11.6 Å². The van der Waals surface area contributed by atoms with Crippen molar-refractivity contribution in [3.05, 3.63) is 53.6 Å². The van der Waals surface area contributed by atoms with Crippen LogP contribution in [-0.4, -0.2) is 19.1 Å². The van der Waals surface area contributed by atoms with E-state index in [1.54, 1.807) is 12.1 Å². The molecule has 21 heavy (non-hydrogen) atoms. The van der Waals surface area contributed by atoms with E-state index in [1.165, 1.54) is 0 Å². The molecule has 0 aromatic heterocycles. The van der Waals surface area contributed by atoms with Crippen molar-refractivity contribution < 1.29 is 8.78 Å². The SMILES string of the molecule is CN(C)c1ccccc1Nc1c(F)cc(C(N)=S)cc1F. The molecule has 2 aromatic carbocycles. The molecule has 0 bridgehead atoms. The molecule has 0 radical (unpaired) electrons. The number of hydrogen-bond acceptors (Lipinski definition) is 3. The van der Waals surface area contributed by atoms with Crippen molar-refractivity contribution in [3.8, 4) is 0 Å². The highest BCUT2D eigenvalue weighted by molar-refractivity contribution is 7.80. The standard InChI is InChI=1S/C15H15F2N3S/c1-20(2)13-6-4-3-5-12(13)19-14-10(16)7-9(15(18)21)8-11(14)17/h3-8,19H,1-2H3,(H2,18,21). The molecule has 3 nitrogen and oxygen atoms in total. The van der Waals surface area contributed by atoms with Gasteiger partial charge in [-0.3, -0.25) is 0 Å². The molecule has 2 rings (SSSR count). The van der Waals surface area contributed by atoms with Crippen LogP contribution >= 0.6 is 12.2 Å². The van der Waals surface area contributed by atoms with Gasteiger partial charge >= 0.3 is 0 Å². The van der Waals surface area contributed by atoms with Crippen LogP contribution in [0.5, 0.6) is 0 Å². The van der Waals surface area contributed by atoms with Gasteiger partial charge in [-0.1, -0.05) is 24.4 Å². The van der Waals surface area contributed by atoms with Crippen molar-refractivity contribution in [3.63, 3.8) is 0 Å². The first kappa shape index (κ1) is 15.2. The highest BCUT2D eigenvalue weighted by Crippen LogP contribution is 2.30. The fourth-order valence-electron chi connectivity index (χ4n) is 1.94. The Hall–Kier alpha value is -2.21. The number of thiocarbonyl (C=S) groups is 1. The van der Waals surface area contributed by atoms with Crippen molar-refractivity contribution in [2.75, 3.05) is 24.3 Å². The Morgan fingerprint density at radius 3 is 2.24 bits per heavy atom. The largest absolute Gasteiger partial charge is 0.389 e. The third kappa shape index (κ3) is 3.28. The molecule has 0 amide bonds. The van der Waals surface area contributed by atoms with E-state index >= 15 is 0 Å². The maximum absolute atomic E-state index is 14.1. The quantitative estimate of drug-likeness (QED) is 0.849. The number of nitrogens with two attached hydrogens (primary N) is 1. The summed E-state index contributed by atoms with van der Waals surface area (Å²) in [7, 11) is 3.70. The lowest BCUT2D eigenvalue weighted by Crippen LogP contribution is -2.13. The number of halogens is 2. The zero-order valence-corrected chi connectivity index (χ0v) is 12.5. The average molecular weight is 307 g/mol. The van der Waals surface area contributed by atoms with Gasteiger partial charge in [0.25, 0.3) is 0 Å². The predicted molar refractivity (Wildman–Crippen MR) is 86.3 cm³/mol. The van der Waals surface area contributed by atoms with Crippen molar-refractivity contribution in [2.24, 2.45) is 5.73 Å². The van der Waals surface area contributed by atoms with E-state index in [9.17, 15) is 8.78 Å². The number of para-hydroxylation sites is 2. The fourth-order valence-corrected chi connectivity index (χ4v) is 2.06. The summed E-state index contributed by atoms with van der Waals surface area (Å²) in [5.74, 6) is -1.49. The maximum atomic E-state index is 14.1. The molecular weight excluding hydrogens is 292 g/mol. The van der Waals surface area contributed by atoms with Gasteiger partial charge in [0, 0.05) is 19.7 Å². The van der Waals surface area contributed by atoms with Gasteiger partial charge in [0.1, 0.15) is 22.3 Å². The summed E-state index contributed by atoms with van der Waals surface area (Å²) < 4.78 is 28.1. The Morgan fingerprint density at radius 2 is 1.71 bits per heavy atom. The van der Waals surface area contributed by atoms with Crippen molar-refractivity contribution >= 4 is 34.3 Å². The van der Waals surface area contributed by atoms with Crippen molar-refractivity contribution in [1.82, 2.24) is 0 Å².